The predicted molar refractivity (Wildman–Crippen MR) is 93.4 cm³/mol. The maximum atomic E-state index is 12.8. The molecule has 0 unspecified atom stereocenters. The molecule has 1 aliphatic rings. The molecule has 6 heteroatoms. The van der Waals surface area contributed by atoms with E-state index in [0.717, 1.165) is 10.9 Å². The van der Waals surface area contributed by atoms with Gasteiger partial charge in [0, 0.05) is 29.6 Å². The molecular weight excluding hydrogens is 310 g/mol. The molecule has 1 atom stereocenters. The van der Waals surface area contributed by atoms with E-state index in [9.17, 15) is 9.59 Å². The number of thioether (sulfide) groups is 1. The number of rotatable bonds is 4. The molecule has 0 aliphatic carbocycles. The summed E-state index contributed by atoms with van der Waals surface area (Å²) in [5, 5.41) is 4.01. The van der Waals surface area contributed by atoms with Crippen LogP contribution in [-0.2, 0) is 4.79 Å². The Balaban J connectivity index is 1.75. The van der Waals surface area contributed by atoms with Crippen LogP contribution in [0.1, 0.15) is 24.2 Å². The molecule has 23 heavy (non-hydrogen) atoms. The van der Waals surface area contributed by atoms with E-state index in [4.69, 9.17) is 0 Å². The molecule has 1 aromatic carbocycles. The smallest absolute Gasteiger partial charge is 0.255 e. The van der Waals surface area contributed by atoms with Gasteiger partial charge in [-0.25, -0.2) is 0 Å². The third-order valence-electron chi connectivity index (χ3n) is 3.93. The minimum Gasteiger partial charge on any atom is -0.361 e. The second kappa shape index (κ2) is 6.66. The van der Waals surface area contributed by atoms with Gasteiger partial charge in [0.1, 0.15) is 6.04 Å². The highest BCUT2D eigenvalue weighted by Crippen LogP contribution is 2.24. The molecule has 0 spiro atoms. The van der Waals surface area contributed by atoms with Gasteiger partial charge < -0.3 is 15.2 Å². The summed E-state index contributed by atoms with van der Waals surface area (Å²) >= 11 is 1.62. The van der Waals surface area contributed by atoms with Gasteiger partial charge in [0.25, 0.3) is 5.91 Å². The monoisotopic (exact) mass is 331 g/mol. The molecule has 122 valence electrons. The number of nitrogens with zero attached hydrogens (tertiary/aromatic N) is 1. The lowest BCUT2D eigenvalue weighted by Crippen LogP contribution is -2.47. The number of hydrogen-bond acceptors (Lipinski definition) is 3. The lowest BCUT2D eigenvalue weighted by atomic mass is 10.1. The third kappa shape index (κ3) is 3.37. The number of amides is 2. The highest BCUT2D eigenvalue weighted by Gasteiger charge is 2.35. The molecule has 2 amide bonds. The van der Waals surface area contributed by atoms with E-state index in [1.807, 2.05) is 30.5 Å². The van der Waals surface area contributed by atoms with Gasteiger partial charge in [-0.2, -0.15) is 0 Å². The van der Waals surface area contributed by atoms with Crippen LogP contribution >= 0.6 is 11.8 Å². The summed E-state index contributed by atoms with van der Waals surface area (Å²) in [6.45, 7) is 4.74. The Bertz CT molecular complexity index is 725. The van der Waals surface area contributed by atoms with Crippen LogP contribution < -0.4 is 5.32 Å². The van der Waals surface area contributed by atoms with Gasteiger partial charge in [-0.15, -0.1) is 11.8 Å². The van der Waals surface area contributed by atoms with E-state index >= 15 is 0 Å². The molecule has 0 saturated carbocycles. The summed E-state index contributed by atoms with van der Waals surface area (Å²) in [6, 6.07) is 7.19. The van der Waals surface area contributed by atoms with Crippen molar-refractivity contribution in [2.75, 3.05) is 18.2 Å². The fourth-order valence-corrected chi connectivity index (χ4v) is 3.78. The molecule has 5 nitrogen and oxygen atoms in total. The van der Waals surface area contributed by atoms with E-state index in [1.54, 1.807) is 16.7 Å². The molecule has 2 heterocycles. The molecule has 0 bridgehead atoms. The van der Waals surface area contributed by atoms with E-state index in [0.29, 0.717) is 29.7 Å². The normalized spacial score (nSPS) is 17.9. The Morgan fingerprint density at radius 1 is 1.39 bits per heavy atom. The summed E-state index contributed by atoms with van der Waals surface area (Å²) in [6.07, 6.45) is 1.85. The maximum Gasteiger partial charge on any atom is 0.255 e. The van der Waals surface area contributed by atoms with Crippen molar-refractivity contribution in [3.05, 3.63) is 36.0 Å². The highest BCUT2D eigenvalue weighted by molar-refractivity contribution is 7.99. The van der Waals surface area contributed by atoms with Crippen molar-refractivity contribution in [2.24, 2.45) is 5.92 Å². The van der Waals surface area contributed by atoms with Crippen LogP contribution in [0.3, 0.4) is 0 Å². The predicted octanol–water partition coefficient (Wildman–Crippen LogP) is 2.46. The van der Waals surface area contributed by atoms with E-state index < -0.39 is 0 Å². The lowest BCUT2D eigenvalue weighted by molar-refractivity contribution is -0.124. The average Bonchev–Trinajstić information content (AvgIpc) is 3.19. The zero-order valence-corrected chi connectivity index (χ0v) is 14.2. The van der Waals surface area contributed by atoms with E-state index in [1.165, 1.54) is 0 Å². The standard InChI is InChI=1S/C17H21N3O2S/c1-11(2)8-19-16(21)15-9-23-10-20(15)17(22)13-4-3-12-5-6-18-14(12)7-13/h3-7,11,15,18H,8-10H2,1-2H3,(H,19,21)/t15-/m1/s1. The Morgan fingerprint density at radius 2 is 2.22 bits per heavy atom. The van der Waals surface area contributed by atoms with Crippen LogP contribution in [0, 0.1) is 5.92 Å². The number of benzene rings is 1. The molecule has 2 aromatic rings. The number of fused-ring (bicyclic) bond motifs is 1. The molecule has 1 aromatic heterocycles. The summed E-state index contributed by atoms with van der Waals surface area (Å²) in [5.41, 5.74) is 1.55. The number of carbonyl (C=O) groups excluding carboxylic acids is 2. The van der Waals surface area contributed by atoms with Crippen LogP contribution in [0.15, 0.2) is 30.5 Å². The molecular formula is C17H21N3O2S. The number of hydrogen-bond donors (Lipinski definition) is 2. The minimum atomic E-state index is -0.384. The van der Waals surface area contributed by atoms with Crippen LogP contribution in [0.4, 0.5) is 0 Å². The Morgan fingerprint density at radius 3 is 3.00 bits per heavy atom. The fourth-order valence-electron chi connectivity index (χ4n) is 2.63. The quantitative estimate of drug-likeness (QED) is 0.904. The minimum absolute atomic E-state index is 0.0574. The average molecular weight is 331 g/mol. The molecule has 1 fully saturated rings. The van der Waals surface area contributed by atoms with Crippen molar-refractivity contribution in [3.63, 3.8) is 0 Å². The largest absolute Gasteiger partial charge is 0.361 e. The van der Waals surface area contributed by atoms with Crippen molar-refractivity contribution in [3.8, 4) is 0 Å². The lowest BCUT2D eigenvalue weighted by Gasteiger charge is -2.23. The maximum absolute atomic E-state index is 12.8. The second-order valence-electron chi connectivity index (χ2n) is 6.21. The van der Waals surface area contributed by atoms with Crippen LogP contribution in [0.25, 0.3) is 10.9 Å². The first kappa shape index (κ1) is 15.9. The van der Waals surface area contributed by atoms with Gasteiger partial charge in [0.2, 0.25) is 5.91 Å². The molecule has 2 N–H and O–H groups in total. The van der Waals surface area contributed by atoms with Crippen molar-refractivity contribution < 1.29 is 9.59 Å². The molecule has 1 aliphatic heterocycles. The van der Waals surface area contributed by atoms with Gasteiger partial charge in [0.15, 0.2) is 0 Å². The number of aromatic amines is 1. The Labute approximate surface area is 139 Å². The Kier molecular flexibility index (Phi) is 4.61. The first-order valence-electron chi connectivity index (χ1n) is 7.80. The van der Waals surface area contributed by atoms with Gasteiger partial charge in [0.05, 0.1) is 5.88 Å². The molecule has 1 saturated heterocycles. The zero-order valence-electron chi connectivity index (χ0n) is 13.3. The van der Waals surface area contributed by atoms with Crippen LogP contribution in [0.5, 0.6) is 0 Å². The summed E-state index contributed by atoms with van der Waals surface area (Å²) in [5.74, 6) is 1.46. The molecule has 0 radical (unpaired) electrons. The van der Waals surface area contributed by atoms with E-state index in [2.05, 4.69) is 24.1 Å². The second-order valence-corrected chi connectivity index (χ2v) is 7.21. The summed E-state index contributed by atoms with van der Waals surface area (Å²) in [7, 11) is 0. The van der Waals surface area contributed by atoms with E-state index in [-0.39, 0.29) is 17.9 Å². The first-order chi connectivity index (χ1) is 11.1. The van der Waals surface area contributed by atoms with Gasteiger partial charge in [-0.1, -0.05) is 19.9 Å². The van der Waals surface area contributed by atoms with Crippen LogP contribution in [-0.4, -0.2) is 45.9 Å². The van der Waals surface area contributed by atoms with Crippen molar-refractivity contribution >= 4 is 34.5 Å². The SMILES string of the molecule is CC(C)CNC(=O)[C@H]1CSCN1C(=O)c1ccc2cc[nH]c2c1. The summed E-state index contributed by atoms with van der Waals surface area (Å²) in [4.78, 5) is 29.9. The van der Waals surface area contributed by atoms with Crippen molar-refractivity contribution in [1.82, 2.24) is 15.2 Å². The number of nitrogens with one attached hydrogen (secondary N) is 2. The summed E-state index contributed by atoms with van der Waals surface area (Å²) < 4.78 is 0. The van der Waals surface area contributed by atoms with Gasteiger partial charge in [-0.05, 0) is 29.5 Å². The number of aromatic nitrogens is 1. The topological polar surface area (TPSA) is 65.2 Å². The highest BCUT2D eigenvalue weighted by atomic mass is 32.2. The van der Waals surface area contributed by atoms with Gasteiger partial charge >= 0.3 is 0 Å². The van der Waals surface area contributed by atoms with Crippen molar-refractivity contribution in [2.45, 2.75) is 19.9 Å². The Hall–Kier alpha value is -1.95. The number of H-pyrrole nitrogens is 1. The van der Waals surface area contributed by atoms with Crippen molar-refractivity contribution in [1.29, 1.82) is 0 Å². The number of carbonyl (C=O) groups is 2. The third-order valence-corrected chi connectivity index (χ3v) is 4.94. The van der Waals surface area contributed by atoms with Gasteiger partial charge in [-0.3, -0.25) is 9.59 Å². The zero-order chi connectivity index (χ0) is 16.4. The fraction of sp³-hybridized carbons (Fsp3) is 0.412. The van der Waals surface area contributed by atoms with Crippen LogP contribution in [0.2, 0.25) is 0 Å². The molecule has 3 rings (SSSR count). The first-order valence-corrected chi connectivity index (χ1v) is 8.95.